The lowest BCUT2D eigenvalue weighted by molar-refractivity contribution is -0.291. The standard InChI is InChI=1S/C7H5F5N2O/c1-3-13-4(2-5(15)14-3)6(8,9)7(10,11)12/h2H,1H3,(H,13,14,15). The van der Waals surface area contributed by atoms with Crippen molar-refractivity contribution >= 4 is 0 Å². The van der Waals surface area contributed by atoms with Gasteiger partial charge in [0.2, 0.25) is 0 Å². The average Bonchev–Trinajstić information content (AvgIpc) is 1.99. The number of hydrogen-bond donors (Lipinski definition) is 1. The zero-order chi connectivity index (χ0) is 11.9. The number of aromatic nitrogens is 2. The van der Waals surface area contributed by atoms with Crippen molar-refractivity contribution in [3.63, 3.8) is 0 Å². The van der Waals surface area contributed by atoms with Gasteiger partial charge >= 0.3 is 12.1 Å². The monoisotopic (exact) mass is 228 g/mol. The van der Waals surface area contributed by atoms with Gasteiger partial charge in [0.1, 0.15) is 11.5 Å². The van der Waals surface area contributed by atoms with Gasteiger partial charge in [0.15, 0.2) is 0 Å². The van der Waals surface area contributed by atoms with Crippen molar-refractivity contribution in [3.05, 3.63) is 27.9 Å². The van der Waals surface area contributed by atoms with Crippen LogP contribution in [0.2, 0.25) is 0 Å². The molecule has 1 aromatic rings. The number of nitrogens with one attached hydrogen (secondary N) is 1. The molecule has 1 heterocycles. The minimum absolute atomic E-state index is 0.125. The van der Waals surface area contributed by atoms with E-state index in [1.54, 1.807) is 0 Å². The number of alkyl halides is 5. The molecule has 0 spiro atoms. The number of halogens is 5. The van der Waals surface area contributed by atoms with Crippen LogP contribution in [0.4, 0.5) is 22.0 Å². The molecular formula is C7H5F5N2O. The predicted molar refractivity (Wildman–Crippen MR) is 39.5 cm³/mol. The summed E-state index contributed by atoms with van der Waals surface area (Å²) in [5.41, 5.74) is -2.65. The van der Waals surface area contributed by atoms with E-state index < -0.39 is 23.4 Å². The van der Waals surface area contributed by atoms with E-state index in [-0.39, 0.29) is 11.9 Å². The lowest BCUT2D eigenvalue weighted by Gasteiger charge is -2.18. The molecule has 0 aliphatic rings. The molecule has 15 heavy (non-hydrogen) atoms. The second-order valence-electron chi connectivity index (χ2n) is 2.79. The quantitative estimate of drug-likeness (QED) is 0.744. The molecule has 3 nitrogen and oxygen atoms in total. The molecule has 0 unspecified atom stereocenters. The molecule has 0 atom stereocenters. The van der Waals surface area contributed by atoms with Crippen LogP contribution in [-0.2, 0) is 5.92 Å². The Morgan fingerprint density at radius 1 is 1.27 bits per heavy atom. The topological polar surface area (TPSA) is 45.8 Å². The summed E-state index contributed by atoms with van der Waals surface area (Å²) in [6, 6.07) is 0.125. The summed E-state index contributed by atoms with van der Waals surface area (Å²) >= 11 is 0. The third-order valence-electron chi connectivity index (χ3n) is 1.54. The Morgan fingerprint density at radius 3 is 2.20 bits per heavy atom. The van der Waals surface area contributed by atoms with E-state index in [0.717, 1.165) is 6.92 Å². The van der Waals surface area contributed by atoms with Crippen LogP contribution < -0.4 is 5.56 Å². The number of nitrogens with zero attached hydrogens (tertiary/aromatic N) is 1. The number of rotatable bonds is 1. The van der Waals surface area contributed by atoms with Crippen LogP contribution in [0.3, 0.4) is 0 Å². The van der Waals surface area contributed by atoms with E-state index in [1.165, 1.54) is 0 Å². The van der Waals surface area contributed by atoms with Crippen LogP contribution in [0, 0.1) is 6.92 Å². The highest BCUT2D eigenvalue weighted by Gasteiger charge is 2.60. The van der Waals surface area contributed by atoms with Crippen molar-refractivity contribution in [1.29, 1.82) is 0 Å². The fourth-order valence-corrected chi connectivity index (χ4v) is 0.886. The first-order chi connectivity index (χ1) is 6.64. The van der Waals surface area contributed by atoms with Crippen LogP contribution in [0.15, 0.2) is 10.9 Å². The minimum Gasteiger partial charge on any atom is -0.311 e. The fraction of sp³-hybridized carbons (Fsp3) is 0.429. The fourth-order valence-electron chi connectivity index (χ4n) is 0.886. The lowest BCUT2D eigenvalue weighted by atomic mass is 10.2. The van der Waals surface area contributed by atoms with E-state index in [1.807, 2.05) is 4.98 Å². The molecule has 0 saturated carbocycles. The molecule has 1 aromatic heterocycles. The van der Waals surface area contributed by atoms with E-state index in [4.69, 9.17) is 0 Å². The zero-order valence-electron chi connectivity index (χ0n) is 7.32. The maximum atomic E-state index is 12.7. The van der Waals surface area contributed by atoms with Crippen molar-refractivity contribution in [1.82, 2.24) is 9.97 Å². The van der Waals surface area contributed by atoms with Crippen LogP contribution >= 0.6 is 0 Å². The highest BCUT2D eigenvalue weighted by molar-refractivity contribution is 5.11. The van der Waals surface area contributed by atoms with Crippen molar-refractivity contribution in [3.8, 4) is 0 Å². The first-order valence-electron chi connectivity index (χ1n) is 3.67. The zero-order valence-corrected chi connectivity index (χ0v) is 7.32. The summed E-state index contributed by atoms with van der Waals surface area (Å²) in [5, 5.41) is 0. The highest BCUT2D eigenvalue weighted by Crippen LogP contribution is 2.42. The molecule has 0 fully saturated rings. The third kappa shape index (κ3) is 2.13. The van der Waals surface area contributed by atoms with Gasteiger partial charge in [-0.2, -0.15) is 22.0 Å². The summed E-state index contributed by atoms with van der Waals surface area (Å²) < 4.78 is 61.0. The molecule has 0 radical (unpaired) electrons. The van der Waals surface area contributed by atoms with Gasteiger partial charge in [-0.3, -0.25) is 4.79 Å². The average molecular weight is 228 g/mol. The van der Waals surface area contributed by atoms with Gasteiger partial charge in [0, 0.05) is 6.07 Å². The summed E-state index contributed by atoms with van der Waals surface area (Å²) in [5.74, 6) is -5.42. The third-order valence-corrected chi connectivity index (χ3v) is 1.54. The van der Waals surface area contributed by atoms with Gasteiger partial charge in [-0.1, -0.05) is 0 Å². The van der Waals surface area contributed by atoms with Crippen LogP contribution in [0.5, 0.6) is 0 Å². The maximum absolute atomic E-state index is 12.7. The SMILES string of the molecule is Cc1nc(C(F)(F)C(F)(F)F)cc(=O)[nH]1. The Labute approximate surface area is 80.0 Å². The Balaban J connectivity index is 3.33. The molecule has 0 aromatic carbocycles. The van der Waals surface area contributed by atoms with Crippen molar-refractivity contribution in [2.75, 3.05) is 0 Å². The van der Waals surface area contributed by atoms with Gasteiger partial charge in [0.25, 0.3) is 5.56 Å². The first kappa shape index (κ1) is 11.6. The molecule has 0 bridgehead atoms. The Hall–Kier alpha value is -1.47. The van der Waals surface area contributed by atoms with E-state index in [9.17, 15) is 26.7 Å². The van der Waals surface area contributed by atoms with E-state index in [2.05, 4.69) is 4.98 Å². The van der Waals surface area contributed by atoms with Gasteiger partial charge < -0.3 is 4.98 Å². The Bertz CT molecular complexity index is 422. The molecule has 0 aliphatic carbocycles. The predicted octanol–water partition coefficient (Wildman–Crippen LogP) is 1.73. The Morgan fingerprint density at radius 2 is 1.80 bits per heavy atom. The van der Waals surface area contributed by atoms with Crippen LogP contribution in [-0.4, -0.2) is 16.1 Å². The molecule has 0 amide bonds. The smallest absolute Gasteiger partial charge is 0.311 e. The second kappa shape index (κ2) is 3.28. The highest BCUT2D eigenvalue weighted by atomic mass is 19.4. The minimum atomic E-state index is -5.76. The van der Waals surface area contributed by atoms with E-state index in [0.29, 0.717) is 0 Å². The summed E-state index contributed by atoms with van der Waals surface area (Å²) in [6.45, 7) is 1.11. The van der Waals surface area contributed by atoms with Gasteiger partial charge in [0.05, 0.1) is 0 Å². The first-order valence-corrected chi connectivity index (χ1v) is 3.67. The van der Waals surface area contributed by atoms with Crippen LogP contribution in [0.25, 0.3) is 0 Å². The molecule has 1 N–H and O–H groups in total. The lowest BCUT2D eigenvalue weighted by Crippen LogP contribution is -2.35. The molecule has 0 aliphatic heterocycles. The number of aryl methyl sites for hydroxylation is 1. The van der Waals surface area contributed by atoms with Crippen LogP contribution in [0.1, 0.15) is 11.5 Å². The second-order valence-corrected chi connectivity index (χ2v) is 2.79. The summed E-state index contributed by atoms with van der Waals surface area (Å²) in [4.78, 5) is 15.6. The molecule has 0 saturated heterocycles. The number of H-pyrrole nitrogens is 1. The Kier molecular flexibility index (Phi) is 2.54. The normalized spacial score (nSPS) is 12.9. The maximum Gasteiger partial charge on any atom is 0.459 e. The van der Waals surface area contributed by atoms with Gasteiger partial charge in [-0.15, -0.1) is 0 Å². The van der Waals surface area contributed by atoms with Crippen molar-refractivity contribution < 1.29 is 22.0 Å². The van der Waals surface area contributed by atoms with Crippen molar-refractivity contribution in [2.45, 2.75) is 19.0 Å². The number of aromatic amines is 1. The molecule has 1 rings (SSSR count). The van der Waals surface area contributed by atoms with Gasteiger partial charge in [-0.25, -0.2) is 4.98 Å². The molecule has 8 heteroatoms. The van der Waals surface area contributed by atoms with Crippen molar-refractivity contribution in [2.24, 2.45) is 0 Å². The molecular weight excluding hydrogens is 223 g/mol. The largest absolute Gasteiger partial charge is 0.459 e. The van der Waals surface area contributed by atoms with E-state index >= 15 is 0 Å². The summed E-state index contributed by atoms with van der Waals surface area (Å²) in [7, 11) is 0. The number of hydrogen-bond acceptors (Lipinski definition) is 2. The summed E-state index contributed by atoms with van der Waals surface area (Å²) in [6.07, 6.45) is -5.76. The van der Waals surface area contributed by atoms with Gasteiger partial charge in [-0.05, 0) is 6.92 Å². The molecule has 84 valence electrons.